The number of hydrogen-bond donors (Lipinski definition) is 2. The van der Waals surface area contributed by atoms with Crippen LogP contribution in [0, 0.1) is 0 Å². The molecule has 0 radical (unpaired) electrons. The van der Waals surface area contributed by atoms with E-state index >= 15 is 0 Å². The van der Waals surface area contributed by atoms with E-state index in [-0.39, 0.29) is 6.61 Å². The Kier molecular flexibility index (Phi) is 6.46. The highest BCUT2D eigenvalue weighted by molar-refractivity contribution is 5.46. The predicted molar refractivity (Wildman–Crippen MR) is 87.6 cm³/mol. The Bertz CT molecular complexity index is 401. The summed E-state index contributed by atoms with van der Waals surface area (Å²) in [6, 6.07) is 5.20. The fourth-order valence-corrected chi connectivity index (χ4v) is 3.32. The van der Waals surface area contributed by atoms with Gasteiger partial charge in [0.15, 0.2) is 0 Å². The summed E-state index contributed by atoms with van der Waals surface area (Å²) in [5.74, 6) is 0. The average Bonchev–Trinajstić information content (AvgIpc) is 3.05. The molecule has 1 aromatic rings. The Morgan fingerprint density at radius 3 is 2.62 bits per heavy atom. The van der Waals surface area contributed by atoms with Gasteiger partial charge in [-0.2, -0.15) is 0 Å². The molecule has 118 valence electrons. The van der Waals surface area contributed by atoms with Crippen LogP contribution in [0.25, 0.3) is 0 Å². The first-order valence-corrected chi connectivity index (χ1v) is 8.37. The molecule has 0 aliphatic heterocycles. The van der Waals surface area contributed by atoms with Crippen molar-refractivity contribution in [2.45, 2.75) is 58.0 Å². The number of pyridine rings is 1. The zero-order valence-electron chi connectivity index (χ0n) is 13.4. The molecule has 0 bridgehead atoms. The van der Waals surface area contributed by atoms with E-state index in [1.165, 1.54) is 25.7 Å². The van der Waals surface area contributed by atoms with Crippen LogP contribution < -0.4 is 10.2 Å². The highest BCUT2D eigenvalue weighted by Gasteiger charge is 2.23. The van der Waals surface area contributed by atoms with Gasteiger partial charge in [-0.15, -0.1) is 0 Å². The standard InChI is InChI=1S/C17H29N3O/c1-3-16(18-4-2)17-10-9-15(13-19-17)20(11-12-21)14-7-5-6-8-14/h9-10,13-14,16,18,21H,3-8,11-12H2,1-2H3. The van der Waals surface area contributed by atoms with Crippen molar-refractivity contribution in [2.24, 2.45) is 0 Å². The lowest BCUT2D eigenvalue weighted by molar-refractivity contribution is 0.297. The van der Waals surface area contributed by atoms with Gasteiger partial charge in [0.1, 0.15) is 0 Å². The number of nitrogens with zero attached hydrogens (tertiary/aromatic N) is 2. The lowest BCUT2D eigenvalue weighted by atomic mass is 10.1. The van der Waals surface area contributed by atoms with Crippen LogP contribution in [0.1, 0.15) is 57.7 Å². The molecule has 1 heterocycles. The third kappa shape index (κ3) is 4.17. The van der Waals surface area contributed by atoms with Gasteiger partial charge in [0, 0.05) is 18.6 Å². The van der Waals surface area contributed by atoms with Crippen LogP contribution in [0.5, 0.6) is 0 Å². The molecule has 0 saturated heterocycles. The normalized spacial score (nSPS) is 17.1. The highest BCUT2D eigenvalue weighted by atomic mass is 16.3. The summed E-state index contributed by atoms with van der Waals surface area (Å²) in [4.78, 5) is 6.99. The first kappa shape index (κ1) is 16.2. The van der Waals surface area contributed by atoms with Gasteiger partial charge in [-0.1, -0.05) is 26.7 Å². The fourth-order valence-electron chi connectivity index (χ4n) is 3.32. The van der Waals surface area contributed by atoms with Crippen LogP contribution in [-0.4, -0.2) is 35.8 Å². The molecule has 1 aromatic heterocycles. The van der Waals surface area contributed by atoms with E-state index in [1.807, 2.05) is 6.20 Å². The third-order valence-corrected chi connectivity index (χ3v) is 4.42. The number of nitrogens with one attached hydrogen (secondary N) is 1. The molecule has 0 amide bonds. The van der Waals surface area contributed by atoms with E-state index in [2.05, 4.69) is 41.2 Å². The van der Waals surface area contributed by atoms with E-state index in [0.717, 1.165) is 24.3 Å². The molecule has 2 rings (SSSR count). The molecule has 0 aromatic carbocycles. The van der Waals surface area contributed by atoms with E-state index in [1.54, 1.807) is 0 Å². The third-order valence-electron chi connectivity index (χ3n) is 4.42. The van der Waals surface area contributed by atoms with Crippen molar-refractivity contribution in [2.75, 3.05) is 24.6 Å². The summed E-state index contributed by atoms with van der Waals surface area (Å²) in [5.41, 5.74) is 2.25. The summed E-state index contributed by atoms with van der Waals surface area (Å²) in [7, 11) is 0. The second kappa shape index (κ2) is 8.35. The first-order chi connectivity index (χ1) is 10.3. The molecule has 1 aliphatic rings. The number of aromatic nitrogens is 1. The molecule has 4 heteroatoms. The number of aliphatic hydroxyl groups is 1. The zero-order chi connectivity index (χ0) is 15.1. The average molecular weight is 291 g/mol. The minimum absolute atomic E-state index is 0.202. The maximum Gasteiger partial charge on any atom is 0.0606 e. The van der Waals surface area contributed by atoms with Gasteiger partial charge in [0.05, 0.1) is 24.2 Å². The van der Waals surface area contributed by atoms with Crippen LogP contribution in [-0.2, 0) is 0 Å². The van der Waals surface area contributed by atoms with Crippen molar-refractivity contribution in [3.8, 4) is 0 Å². The fraction of sp³-hybridized carbons (Fsp3) is 0.706. The van der Waals surface area contributed by atoms with Crippen LogP contribution >= 0.6 is 0 Å². The molecule has 21 heavy (non-hydrogen) atoms. The summed E-state index contributed by atoms with van der Waals surface area (Å²) < 4.78 is 0. The minimum Gasteiger partial charge on any atom is -0.395 e. The Morgan fingerprint density at radius 2 is 2.10 bits per heavy atom. The zero-order valence-corrected chi connectivity index (χ0v) is 13.4. The smallest absolute Gasteiger partial charge is 0.0606 e. The van der Waals surface area contributed by atoms with Gasteiger partial charge in [0.2, 0.25) is 0 Å². The summed E-state index contributed by atoms with van der Waals surface area (Å²) in [5, 5.41) is 12.8. The van der Waals surface area contributed by atoms with Crippen molar-refractivity contribution >= 4 is 5.69 Å². The largest absolute Gasteiger partial charge is 0.395 e. The van der Waals surface area contributed by atoms with E-state index in [0.29, 0.717) is 18.6 Å². The maximum absolute atomic E-state index is 9.34. The van der Waals surface area contributed by atoms with Gasteiger partial charge in [-0.05, 0) is 37.9 Å². The lowest BCUT2D eigenvalue weighted by Crippen LogP contribution is -2.35. The molecule has 1 unspecified atom stereocenters. The molecule has 1 aliphatic carbocycles. The van der Waals surface area contributed by atoms with Crippen molar-refractivity contribution in [3.05, 3.63) is 24.0 Å². The second-order valence-electron chi connectivity index (χ2n) is 5.82. The van der Waals surface area contributed by atoms with Gasteiger partial charge in [0.25, 0.3) is 0 Å². The quantitative estimate of drug-likeness (QED) is 0.773. The Morgan fingerprint density at radius 1 is 1.33 bits per heavy atom. The summed E-state index contributed by atoms with van der Waals surface area (Å²) >= 11 is 0. The van der Waals surface area contributed by atoms with Crippen molar-refractivity contribution in [1.82, 2.24) is 10.3 Å². The molecule has 4 nitrogen and oxygen atoms in total. The number of aliphatic hydroxyl groups excluding tert-OH is 1. The Labute approximate surface area is 128 Å². The molecule has 1 atom stereocenters. The van der Waals surface area contributed by atoms with Crippen LogP contribution in [0.4, 0.5) is 5.69 Å². The Balaban J connectivity index is 2.11. The van der Waals surface area contributed by atoms with Crippen molar-refractivity contribution in [3.63, 3.8) is 0 Å². The summed E-state index contributed by atoms with van der Waals surface area (Å²) in [6.07, 6.45) is 8.09. The van der Waals surface area contributed by atoms with Gasteiger partial charge < -0.3 is 15.3 Å². The topological polar surface area (TPSA) is 48.4 Å². The predicted octanol–water partition coefficient (Wildman–Crippen LogP) is 2.88. The Hall–Kier alpha value is -1.13. The van der Waals surface area contributed by atoms with Crippen molar-refractivity contribution in [1.29, 1.82) is 0 Å². The van der Waals surface area contributed by atoms with Crippen LogP contribution in [0.2, 0.25) is 0 Å². The molecule has 0 spiro atoms. The first-order valence-electron chi connectivity index (χ1n) is 8.37. The second-order valence-corrected chi connectivity index (χ2v) is 5.82. The van der Waals surface area contributed by atoms with E-state index < -0.39 is 0 Å². The van der Waals surface area contributed by atoms with Gasteiger partial charge in [-0.25, -0.2) is 0 Å². The van der Waals surface area contributed by atoms with Crippen LogP contribution in [0.3, 0.4) is 0 Å². The van der Waals surface area contributed by atoms with Crippen LogP contribution in [0.15, 0.2) is 18.3 Å². The molecular formula is C17H29N3O. The molecule has 2 N–H and O–H groups in total. The minimum atomic E-state index is 0.202. The lowest BCUT2D eigenvalue weighted by Gasteiger charge is -2.30. The van der Waals surface area contributed by atoms with E-state index in [4.69, 9.17) is 0 Å². The highest BCUT2D eigenvalue weighted by Crippen LogP contribution is 2.28. The van der Waals surface area contributed by atoms with E-state index in [9.17, 15) is 5.11 Å². The number of rotatable bonds is 8. The molecule has 1 fully saturated rings. The number of anilines is 1. The number of hydrogen-bond acceptors (Lipinski definition) is 4. The van der Waals surface area contributed by atoms with Gasteiger partial charge >= 0.3 is 0 Å². The molecule has 1 saturated carbocycles. The van der Waals surface area contributed by atoms with Gasteiger partial charge in [-0.3, -0.25) is 4.98 Å². The maximum atomic E-state index is 9.34. The molecular weight excluding hydrogens is 262 g/mol. The SMILES string of the molecule is CCNC(CC)c1ccc(N(CCO)C2CCCC2)cn1. The van der Waals surface area contributed by atoms with Crippen molar-refractivity contribution < 1.29 is 5.11 Å². The summed E-state index contributed by atoms with van der Waals surface area (Å²) in [6.45, 7) is 6.17. The monoisotopic (exact) mass is 291 g/mol.